The summed E-state index contributed by atoms with van der Waals surface area (Å²) in [4.78, 5) is 10.3. The van der Waals surface area contributed by atoms with Gasteiger partial charge in [0.1, 0.15) is 0 Å². The standard InChI is InChI=1S/C14H13FN2O3/c1-9(16)10-6-7-13(11(15)8-10)20-14-5-3-2-4-12(14)17(18)19/h2-9H,16H2,1H3/t9-/m1/s1. The van der Waals surface area contributed by atoms with Crippen LogP contribution < -0.4 is 10.5 Å². The Morgan fingerprint density at radius 1 is 1.25 bits per heavy atom. The monoisotopic (exact) mass is 276 g/mol. The fourth-order valence-corrected chi connectivity index (χ4v) is 1.70. The Morgan fingerprint density at radius 3 is 2.55 bits per heavy atom. The second-order valence-corrected chi connectivity index (χ2v) is 4.31. The smallest absolute Gasteiger partial charge is 0.311 e. The third-order valence-corrected chi connectivity index (χ3v) is 2.76. The van der Waals surface area contributed by atoms with Gasteiger partial charge in [-0.3, -0.25) is 10.1 Å². The molecule has 2 rings (SSSR count). The van der Waals surface area contributed by atoms with E-state index in [9.17, 15) is 14.5 Å². The molecule has 5 nitrogen and oxygen atoms in total. The van der Waals surface area contributed by atoms with E-state index in [1.807, 2.05) is 0 Å². The SMILES string of the molecule is C[C@@H](N)c1ccc(Oc2ccccc2[N+](=O)[O-])c(F)c1. The number of nitrogens with two attached hydrogens (primary N) is 1. The summed E-state index contributed by atoms with van der Waals surface area (Å²) in [6.07, 6.45) is 0. The number of rotatable bonds is 4. The summed E-state index contributed by atoms with van der Waals surface area (Å²) in [7, 11) is 0. The maximum absolute atomic E-state index is 13.9. The van der Waals surface area contributed by atoms with Gasteiger partial charge < -0.3 is 10.5 Å². The van der Waals surface area contributed by atoms with Gasteiger partial charge in [0.25, 0.3) is 0 Å². The van der Waals surface area contributed by atoms with Gasteiger partial charge in [-0.2, -0.15) is 0 Å². The van der Waals surface area contributed by atoms with Gasteiger partial charge in [-0.05, 0) is 30.7 Å². The van der Waals surface area contributed by atoms with Crippen molar-refractivity contribution in [2.45, 2.75) is 13.0 Å². The van der Waals surface area contributed by atoms with Crippen LogP contribution >= 0.6 is 0 Å². The predicted octanol–water partition coefficient (Wildman–Crippen LogP) is 3.55. The molecule has 20 heavy (non-hydrogen) atoms. The summed E-state index contributed by atoms with van der Waals surface area (Å²) >= 11 is 0. The van der Waals surface area contributed by atoms with Gasteiger partial charge in [0, 0.05) is 12.1 Å². The third-order valence-electron chi connectivity index (χ3n) is 2.76. The summed E-state index contributed by atoms with van der Waals surface area (Å²) in [5.41, 5.74) is 6.06. The molecule has 0 bridgehead atoms. The lowest BCUT2D eigenvalue weighted by atomic mass is 10.1. The van der Waals surface area contributed by atoms with E-state index < -0.39 is 10.7 Å². The van der Waals surface area contributed by atoms with Crippen molar-refractivity contribution in [1.82, 2.24) is 0 Å². The maximum atomic E-state index is 13.9. The van der Waals surface area contributed by atoms with Crippen molar-refractivity contribution in [3.05, 3.63) is 64.0 Å². The first-order valence-corrected chi connectivity index (χ1v) is 5.95. The van der Waals surface area contributed by atoms with Crippen LogP contribution in [0.5, 0.6) is 11.5 Å². The summed E-state index contributed by atoms with van der Waals surface area (Å²) in [6.45, 7) is 1.73. The Balaban J connectivity index is 2.33. The van der Waals surface area contributed by atoms with E-state index in [0.717, 1.165) is 0 Å². The molecule has 6 heteroatoms. The number of ether oxygens (including phenoxy) is 1. The quantitative estimate of drug-likeness (QED) is 0.684. The molecule has 0 aliphatic heterocycles. The molecular weight excluding hydrogens is 263 g/mol. The Bertz CT molecular complexity index is 644. The Morgan fingerprint density at radius 2 is 1.95 bits per heavy atom. The zero-order chi connectivity index (χ0) is 14.7. The molecular formula is C14H13FN2O3. The number of nitro benzene ring substituents is 1. The third kappa shape index (κ3) is 2.92. The van der Waals surface area contributed by atoms with Crippen molar-refractivity contribution in [3.8, 4) is 11.5 Å². The van der Waals surface area contributed by atoms with Crippen LogP contribution in [0.15, 0.2) is 42.5 Å². The molecule has 2 aromatic carbocycles. The van der Waals surface area contributed by atoms with Gasteiger partial charge in [0.05, 0.1) is 4.92 Å². The Hall–Kier alpha value is -2.47. The lowest BCUT2D eigenvalue weighted by molar-refractivity contribution is -0.385. The molecule has 0 aliphatic carbocycles. The summed E-state index contributed by atoms with van der Waals surface area (Å²) in [5.74, 6) is -0.702. The number of para-hydroxylation sites is 2. The van der Waals surface area contributed by atoms with E-state index in [2.05, 4.69) is 0 Å². The molecule has 0 heterocycles. The summed E-state index contributed by atoms with van der Waals surface area (Å²) in [6, 6.07) is 9.79. The van der Waals surface area contributed by atoms with E-state index in [0.29, 0.717) is 5.56 Å². The van der Waals surface area contributed by atoms with E-state index in [4.69, 9.17) is 10.5 Å². The highest BCUT2D eigenvalue weighted by atomic mass is 19.1. The second-order valence-electron chi connectivity index (χ2n) is 4.31. The van der Waals surface area contributed by atoms with Crippen LogP contribution in [0.2, 0.25) is 0 Å². The number of halogens is 1. The molecule has 0 saturated heterocycles. The number of benzene rings is 2. The van der Waals surface area contributed by atoms with Crippen molar-refractivity contribution in [3.63, 3.8) is 0 Å². The van der Waals surface area contributed by atoms with Crippen LogP contribution in [0.25, 0.3) is 0 Å². The molecule has 0 spiro atoms. The Kier molecular flexibility index (Phi) is 3.95. The molecule has 0 amide bonds. The molecule has 2 N–H and O–H groups in total. The predicted molar refractivity (Wildman–Crippen MR) is 72.2 cm³/mol. The molecule has 2 aromatic rings. The van der Waals surface area contributed by atoms with Gasteiger partial charge in [0.15, 0.2) is 11.6 Å². The van der Waals surface area contributed by atoms with E-state index in [1.165, 1.54) is 30.3 Å². The first kappa shape index (κ1) is 14.0. The molecule has 1 atom stereocenters. The number of nitrogens with zero attached hydrogens (tertiary/aromatic N) is 1. The second kappa shape index (κ2) is 5.66. The average molecular weight is 276 g/mol. The first-order valence-electron chi connectivity index (χ1n) is 5.95. The zero-order valence-corrected chi connectivity index (χ0v) is 10.7. The largest absolute Gasteiger partial charge is 0.447 e. The molecule has 0 aromatic heterocycles. The van der Waals surface area contributed by atoms with Crippen LogP contribution in [0.4, 0.5) is 10.1 Å². The van der Waals surface area contributed by atoms with Gasteiger partial charge in [-0.25, -0.2) is 4.39 Å². The number of hydrogen-bond donors (Lipinski definition) is 1. The van der Waals surface area contributed by atoms with E-state index in [-0.39, 0.29) is 23.2 Å². The minimum Gasteiger partial charge on any atom is -0.447 e. The van der Waals surface area contributed by atoms with Crippen molar-refractivity contribution >= 4 is 5.69 Å². The Labute approximate surface area is 114 Å². The summed E-state index contributed by atoms with van der Waals surface area (Å²) < 4.78 is 19.2. The van der Waals surface area contributed by atoms with Crippen molar-refractivity contribution in [2.24, 2.45) is 5.73 Å². The first-order chi connectivity index (χ1) is 9.49. The van der Waals surface area contributed by atoms with Gasteiger partial charge in [-0.15, -0.1) is 0 Å². The highest BCUT2D eigenvalue weighted by Gasteiger charge is 2.16. The van der Waals surface area contributed by atoms with Gasteiger partial charge in [-0.1, -0.05) is 18.2 Å². The van der Waals surface area contributed by atoms with Crippen LogP contribution in [0.3, 0.4) is 0 Å². The van der Waals surface area contributed by atoms with Gasteiger partial charge >= 0.3 is 5.69 Å². The maximum Gasteiger partial charge on any atom is 0.311 e. The van der Waals surface area contributed by atoms with E-state index in [1.54, 1.807) is 19.1 Å². The lowest BCUT2D eigenvalue weighted by Crippen LogP contribution is -2.05. The topological polar surface area (TPSA) is 78.4 Å². The van der Waals surface area contributed by atoms with Crippen molar-refractivity contribution in [1.29, 1.82) is 0 Å². The minimum atomic E-state index is -0.613. The van der Waals surface area contributed by atoms with Crippen LogP contribution in [-0.4, -0.2) is 4.92 Å². The fourth-order valence-electron chi connectivity index (χ4n) is 1.70. The minimum absolute atomic E-state index is 0.00931. The fraction of sp³-hybridized carbons (Fsp3) is 0.143. The molecule has 0 aliphatic rings. The van der Waals surface area contributed by atoms with Gasteiger partial charge in [0.2, 0.25) is 5.75 Å². The molecule has 0 fully saturated rings. The van der Waals surface area contributed by atoms with Crippen LogP contribution in [0, 0.1) is 15.9 Å². The van der Waals surface area contributed by atoms with Crippen LogP contribution in [0.1, 0.15) is 18.5 Å². The molecule has 0 radical (unpaired) electrons. The normalized spacial score (nSPS) is 11.9. The van der Waals surface area contributed by atoms with Crippen molar-refractivity contribution in [2.75, 3.05) is 0 Å². The summed E-state index contributed by atoms with van der Waals surface area (Å²) in [5, 5.41) is 10.9. The number of nitro groups is 1. The van der Waals surface area contributed by atoms with Crippen LogP contribution in [-0.2, 0) is 0 Å². The highest BCUT2D eigenvalue weighted by molar-refractivity contribution is 5.48. The highest BCUT2D eigenvalue weighted by Crippen LogP contribution is 2.32. The lowest BCUT2D eigenvalue weighted by Gasteiger charge is -2.10. The average Bonchev–Trinajstić information content (AvgIpc) is 2.41. The van der Waals surface area contributed by atoms with E-state index >= 15 is 0 Å². The molecule has 104 valence electrons. The van der Waals surface area contributed by atoms with Crippen molar-refractivity contribution < 1.29 is 14.1 Å². The number of hydrogen-bond acceptors (Lipinski definition) is 4. The zero-order valence-electron chi connectivity index (χ0n) is 10.7. The molecule has 0 saturated carbocycles. The molecule has 0 unspecified atom stereocenters.